The summed E-state index contributed by atoms with van der Waals surface area (Å²) in [6.07, 6.45) is 4.89. The molecule has 5 atom stereocenters. The summed E-state index contributed by atoms with van der Waals surface area (Å²) >= 11 is 0. The van der Waals surface area contributed by atoms with Crippen LogP contribution in [-0.4, -0.2) is 52.6 Å². The van der Waals surface area contributed by atoms with Gasteiger partial charge in [-0.15, -0.1) is 0 Å². The molecule has 0 saturated carbocycles. The number of aliphatic hydroxyl groups excluding tert-OH is 3. The minimum absolute atomic E-state index is 0.506. The van der Waals surface area contributed by atoms with Crippen LogP contribution in [-0.2, 0) is 9.47 Å². The summed E-state index contributed by atoms with van der Waals surface area (Å²) in [5.74, 6) is 0. The van der Waals surface area contributed by atoms with Gasteiger partial charge in [0.2, 0.25) is 0 Å². The molecule has 1 fully saturated rings. The van der Waals surface area contributed by atoms with Gasteiger partial charge < -0.3 is 24.8 Å². The molecular weight excluding hydrogens is 272 g/mol. The van der Waals surface area contributed by atoms with E-state index in [1.165, 1.54) is 38.5 Å². The first kappa shape index (κ1) is 18.8. The second-order valence-corrected chi connectivity index (χ2v) is 6.03. The lowest BCUT2D eigenvalue weighted by Crippen LogP contribution is -2.57. The van der Waals surface area contributed by atoms with Crippen molar-refractivity contribution in [3.05, 3.63) is 0 Å². The highest BCUT2D eigenvalue weighted by molar-refractivity contribution is 4.87. The molecule has 1 saturated heterocycles. The molecule has 3 N–H and O–H groups in total. The molecular formula is C16H32O5. The van der Waals surface area contributed by atoms with E-state index in [9.17, 15) is 15.3 Å². The van der Waals surface area contributed by atoms with Gasteiger partial charge in [-0.1, -0.05) is 51.9 Å². The number of hydrogen-bond acceptors (Lipinski definition) is 5. The predicted molar refractivity (Wildman–Crippen MR) is 80.9 cm³/mol. The molecule has 1 rings (SSSR count). The van der Waals surface area contributed by atoms with Gasteiger partial charge in [-0.05, 0) is 13.3 Å². The highest BCUT2D eigenvalue weighted by Crippen LogP contribution is 2.22. The van der Waals surface area contributed by atoms with Gasteiger partial charge in [0.05, 0.1) is 6.10 Å². The Hall–Kier alpha value is -0.200. The Morgan fingerprint density at radius 2 is 1.38 bits per heavy atom. The maximum atomic E-state index is 9.79. The highest BCUT2D eigenvalue weighted by atomic mass is 16.7. The zero-order valence-electron chi connectivity index (χ0n) is 13.4. The fraction of sp³-hybridized carbons (Fsp3) is 1.00. The lowest BCUT2D eigenvalue weighted by atomic mass is 10.00. The maximum Gasteiger partial charge on any atom is 0.186 e. The molecule has 0 aliphatic carbocycles. The van der Waals surface area contributed by atoms with Crippen LogP contribution in [0.3, 0.4) is 0 Å². The third kappa shape index (κ3) is 6.61. The van der Waals surface area contributed by atoms with Gasteiger partial charge >= 0.3 is 0 Å². The Bertz CT molecular complexity index is 261. The zero-order chi connectivity index (χ0) is 15.7. The van der Waals surface area contributed by atoms with Crippen LogP contribution in [0.2, 0.25) is 0 Å². The SMILES string of the molecule is CCCCCCCCCCOC1OC(C)C(O)[C@H](O)C1O. The maximum absolute atomic E-state index is 9.79. The van der Waals surface area contributed by atoms with Crippen LogP contribution >= 0.6 is 0 Å². The summed E-state index contributed by atoms with van der Waals surface area (Å²) in [7, 11) is 0. The fourth-order valence-electron chi connectivity index (χ4n) is 2.59. The van der Waals surface area contributed by atoms with E-state index in [-0.39, 0.29) is 0 Å². The molecule has 1 aliphatic rings. The van der Waals surface area contributed by atoms with E-state index < -0.39 is 30.7 Å². The third-order valence-corrected chi connectivity index (χ3v) is 4.09. The van der Waals surface area contributed by atoms with Gasteiger partial charge in [0.25, 0.3) is 0 Å². The predicted octanol–water partition coefficient (Wildman–Crippen LogP) is 1.97. The van der Waals surface area contributed by atoms with Crippen molar-refractivity contribution in [3.63, 3.8) is 0 Å². The normalized spacial score (nSPS) is 33.3. The molecule has 126 valence electrons. The van der Waals surface area contributed by atoms with Crippen LogP contribution in [0.5, 0.6) is 0 Å². The van der Waals surface area contributed by atoms with E-state index in [4.69, 9.17) is 9.47 Å². The first-order valence-electron chi connectivity index (χ1n) is 8.39. The first-order valence-corrected chi connectivity index (χ1v) is 8.39. The summed E-state index contributed by atoms with van der Waals surface area (Å²) in [5.41, 5.74) is 0. The molecule has 0 aromatic carbocycles. The Kier molecular flexibility index (Phi) is 9.44. The van der Waals surface area contributed by atoms with Crippen molar-refractivity contribution in [2.75, 3.05) is 6.61 Å². The lowest BCUT2D eigenvalue weighted by Gasteiger charge is -2.38. The van der Waals surface area contributed by atoms with Crippen LogP contribution in [0.4, 0.5) is 0 Å². The van der Waals surface area contributed by atoms with E-state index in [1.807, 2.05) is 0 Å². The van der Waals surface area contributed by atoms with Crippen LogP contribution in [0.15, 0.2) is 0 Å². The Balaban J connectivity index is 2.04. The monoisotopic (exact) mass is 304 g/mol. The van der Waals surface area contributed by atoms with E-state index in [0.717, 1.165) is 12.8 Å². The van der Waals surface area contributed by atoms with Crippen LogP contribution < -0.4 is 0 Å². The average Bonchev–Trinajstić information content (AvgIpc) is 2.48. The quantitative estimate of drug-likeness (QED) is 0.538. The summed E-state index contributed by atoms with van der Waals surface area (Å²) in [6.45, 7) is 4.38. The van der Waals surface area contributed by atoms with Crippen molar-refractivity contribution in [2.24, 2.45) is 0 Å². The van der Waals surface area contributed by atoms with Crippen LogP contribution in [0.25, 0.3) is 0 Å². The van der Waals surface area contributed by atoms with E-state index in [1.54, 1.807) is 6.92 Å². The van der Waals surface area contributed by atoms with Gasteiger partial charge in [-0.2, -0.15) is 0 Å². The molecule has 4 unspecified atom stereocenters. The number of aliphatic hydroxyl groups is 3. The van der Waals surface area contributed by atoms with Gasteiger partial charge in [0.15, 0.2) is 6.29 Å². The largest absolute Gasteiger partial charge is 0.388 e. The fourth-order valence-corrected chi connectivity index (χ4v) is 2.59. The highest BCUT2D eigenvalue weighted by Gasteiger charge is 2.42. The van der Waals surface area contributed by atoms with Gasteiger partial charge in [-0.3, -0.25) is 0 Å². The minimum atomic E-state index is -1.21. The first-order chi connectivity index (χ1) is 10.1. The minimum Gasteiger partial charge on any atom is -0.388 e. The molecule has 5 heteroatoms. The summed E-state index contributed by atoms with van der Waals surface area (Å²) in [4.78, 5) is 0. The molecule has 5 nitrogen and oxygen atoms in total. The zero-order valence-corrected chi connectivity index (χ0v) is 13.4. The van der Waals surface area contributed by atoms with Crippen molar-refractivity contribution < 1.29 is 24.8 Å². The molecule has 0 radical (unpaired) electrons. The molecule has 1 aliphatic heterocycles. The Morgan fingerprint density at radius 3 is 2.00 bits per heavy atom. The van der Waals surface area contributed by atoms with Gasteiger partial charge in [-0.25, -0.2) is 0 Å². The standard InChI is InChI=1S/C16H32O5/c1-3-4-5-6-7-8-9-10-11-20-16-15(19)14(18)13(17)12(2)21-16/h12-19H,3-11H2,1-2H3/t12?,13?,14-,15?,16?/m0/s1. The van der Waals surface area contributed by atoms with Crippen molar-refractivity contribution >= 4 is 0 Å². The third-order valence-electron chi connectivity index (χ3n) is 4.09. The number of unbranched alkanes of at least 4 members (excludes halogenated alkanes) is 7. The molecule has 0 bridgehead atoms. The topological polar surface area (TPSA) is 79.2 Å². The number of rotatable bonds is 10. The van der Waals surface area contributed by atoms with E-state index in [2.05, 4.69) is 6.92 Å². The van der Waals surface area contributed by atoms with Crippen molar-refractivity contribution in [2.45, 2.75) is 95.9 Å². The molecule has 0 aromatic rings. The second kappa shape index (κ2) is 10.5. The van der Waals surface area contributed by atoms with Crippen molar-refractivity contribution in [1.29, 1.82) is 0 Å². The number of hydrogen-bond donors (Lipinski definition) is 3. The molecule has 1 heterocycles. The Labute approximate surface area is 128 Å². The van der Waals surface area contributed by atoms with E-state index in [0.29, 0.717) is 6.61 Å². The molecule has 21 heavy (non-hydrogen) atoms. The molecule has 0 amide bonds. The molecule has 0 spiro atoms. The van der Waals surface area contributed by atoms with Crippen molar-refractivity contribution in [1.82, 2.24) is 0 Å². The summed E-state index contributed by atoms with van der Waals surface area (Å²) < 4.78 is 10.9. The average molecular weight is 304 g/mol. The van der Waals surface area contributed by atoms with Gasteiger partial charge in [0.1, 0.15) is 18.3 Å². The molecule has 0 aromatic heterocycles. The van der Waals surface area contributed by atoms with Crippen LogP contribution in [0.1, 0.15) is 65.2 Å². The smallest absolute Gasteiger partial charge is 0.186 e. The number of ether oxygens (including phenoxy) is 2. The summed E-state index contributed by atoms with van der Waals surface area (Å²) in [6, 6.07) is 0. The Morgan fingerprint density at radius 1 is 0.810 bits per heavy atom. The van der Waals surface area contributed by atoms with E-state index >= 15 is 0 Å². The van der Waals surface area contributed by atoms with Crippen molar-refractivity contribution in [3.8, 4) is 0 Å². The van der Waals surface area contributed by atoms with Crippen LogP contribution in [0, 0.1) is 0 Å². The lowest BCUT2D eigenvalue weighted by molar-refractivity contribution is -0.293. The van der Waals surface area contributed by atoms with Gasteiger partial charge in [0, 0.05) is 6.61 Å². The summed E-state index contributed by atoms with van der Waals surface area (Å²) in [5, 5.41) is 29.0. The second-order valence-electron chi connectivity index (χ2n) is 6.03.